The molecule has 0 unspecified atom stereocenters. The number of carbonyl (C=O) groups excluding carboxylic acids is 1. The number of rotatable bonds is 18. The molecule has 3 aromatic carbocycles. The number of hydrogen-bond donors (Lipinski definition) is 1. The fourth-order valence-electron chi connectivity index (χ4n) is 5.11. The zero-order chi connectivity index (χ0) is 33.9. The van der Waals surface area contributed by atoms with Crippen molar-refractivity contribution < 1.29 is 23.9 Å². The highest BCUT2D eigenvalue weighted by Gasteiger charge is 2.46. The molecule has 0 radical (unpaired) electrons. The molecule has 6 nitrogen and oxygen atoms in total. The summed E-state index contributed by atoms with van der Waals surface area (Å²) < 4.78 is 12.4. The van der Waals surface area contributed by atoms with Gasteiger partial charge in [-0.1, -0.05) is 105 Å². The van der Waals surface area contributed by atoms with Crippen molar-refractivity contribution in [3.63, 3.8) is 0 Å². The van der Waals surface area contributed by atoms with Crippen LogP contribution < -0.4 is 0 Å². The number of halogens is 2. The first kappa shape index (κ1) is 38.0. The van der Waals surface area contributed by atoms with E-state index in [1.165, 1.54) is 16.3 Å². The number of nitrogens with zero attached hydrogens (tertiary/aromatic N) is 1. The van der Waals surface area contributed by atoms with E-state index in [0.717, 1.165) is 50.5 Å². The molecule has 0 saturated heterocycles. The number of fused-ring (bicyclic) bond motifs is 1. The van der Waals surface area contributed by atoms with E-state index in [-0.39, 0.29) is 17.6 Å². The predicted molar refractivity (Wildman–Crippen MR) is 193 cm³/mol. The first-order valence-corrected chi connectivity index (χ1v) is 20.0. The third kappa shape index (κ3) is 11.4. The van der Waals surface area contributed by atoms with Crippen molar-refractivity contribution in [3.05, 3.63) is 81.8 Å². The van der Waals surface area contributed by atoms with Crippen LogP contribution >= 0.6 is 23.2 Å². The maximum atomic E-state index is 13.7. The summed E-state index contributed by atoms with van der Waals surface area (Å²) in [5, 5.41) is 13.6. The van der Waals surface area contributed by atoms with Gasteiger partial charge in [0.15, 0.2) is 20.5 Å². The minimum absolute atomic E-state index is 0.226. The highest BCUT2D eigenvalue weighted by molar-refractivity contribution is 6.74. The predicted octanol–water partition coefficient (Wildman–Crippen LogP) is 9.59. The van der Waals surface area contributed by atoms with Crippen LogP contribution in [0.25, 0.3) is 10.8 Å². The molecule has 9 heteroatoms. The van der Waals surface area contributed by atoms with Gasteiger partial charge in [-0.15, -0.1) is 0 Å². The first-order valence-electron chi connectivity index (χ1n) is 16.4. The van der Waals surface area contributed by atoms with E-state index in [9.17, 15) is 14.7 Å². The van der Waals surface area contributed by atoms with Crippen LogP contribution in [-0.2, 0) is 31.6 Å². The standard InChI is InChI=1S/C37H51Cl2NO5Si/c1-37(2,3)46(5,6)45-34(36(42)43)33(44-24-14-8-10-16-28-20-22-31(38)32(39)26-28)35(41)40(4)23-13-7-9-15-27-19-21-29-17-11-12-18-30(29)25-27/h11-12,17-22,25-26,33-34H,7-10,13-16,23-24H2,1-6H3,(H,42,43)/t33-,34-/m1/s1. The molecule has 3 rings (SSSR count). The van der Waals surface area contributed by atoms with Gasteiger partial charge in [-0.3, -0.25) is 4.79 Å². The lowest BCUT2D eigenvalue weighted by molar-refractivity contribution is -0.165. The summed E-state index contributed by atoms with van der Waals surface area (Å²) in [4.78, 5) is 27.9. The van der Waals surface area contributed by atoms with Crippen LogP contribution in [0.1, 0.15) is 70.4 Å². The fraction of sp³-hybridized carbons (Fsp3) is 0.514. The maximum absolute atomic E-state index is 13.7. The minimum Gasteiger partial charge on any atom is -0.479 e. The normalized spacial score (nSPS) is 13.5. The van der Waals surface area contributed by atoms with Crippen LogP contribution in [0.3, 0.4) is 0 Å². The Hall–Kier alpha value is -2.42. The Kier molecular flexibility index (Phi) is 14.6. The molecule has 2 atom stereocenters. The summed E-state index contributed by atoms with van der Waals surface area (Å²) >= 11 is 12.2. The molecule has 0 spiro atoms. The average molecular weight is 689 g/mol. The van der Waals surface area contributed by atoms with Crippen LogP contribution in [-0.4, -0.2) is 62.6 Å². The molecule has 0 aliphatic heterocycles. The van der Waals surface area contributed by atoms with Gasteiger partial charge in [0.05, 0.1) is 10.0 Å². The summed E-state index contributed by atoms with van der Waals surface area (Å²) in [6.07, 6.45) is 4.46. The van der Waals surface area contributed by atoms with Crippen LogP contribution in [0.2, 0.25) is 28.2 Å². The SMILES string of the molecule is CN(CCCCCc1ccc2ccccc2c1)C(=O)[C@H](OCCCCCc1ccc(Cl)c(Cl)c1)[C@@H](O[Si](C)(C)C(C)(C)C)C(=O)O. The first-order chi connectivity index (χ1) is 21.7. The molecule has 0 fully saturated rings. The molecule has 0 aliphatic carbocycles. The van der Waals surface area contributed by atoms with Crippen LogP contribution in [0.5, 0.6) is 0 Å². The summed E-state index contributed by atoms with van der Waals surface area (Å²) in [6.45, 7) is 10.9. The van der Waals surface area contributed by atoms with E-state index in [1.54, 1.807) is 18.0 Å². The second kappa shape index (κ2) is 17.6. The van der Waals surface area contributed by atoms with Crippen molar-refractivity contribution in [3.8, 4) is 0 Å². The second-order valence-corrected chi connectivity index (χ2v) is 19.3. The maximum Gasteiger partial charge on any atom is 0.334 e. The van der Waals surface area contributed by atoms with Gasteiger partial charge in [-0.25, -0.2) is 4.79 Å². The van der Waals surface area contributed by atoms with Crippen LogP contribution in [0.15, 0.2) is 60.7 Å². The number of unbranched alkanes of at least 4 members (excludes halogenated alkanes) is 4. The van der Waals surface area contributed by atoms with Gasteiger partial charge in [0.1, 0.15) is 0 Å². The van der Waals surface area contributed by atoms with Crippen LogP contribution in [0, 0.1) is 0 Å². The van der Waals surface area contributed by atoms with Crippen molar-refractivity contribution in [2.75, 3.05) is 20.2 Å². The molecule has 46 heavy (non-hydrogen) atoms. The average Bonchev–Trinajstić information content (AvgIpc) is 3.00. The molecule has 0 saturated carbocycles. The lowest BCUT2D eigenvalue weighted by Crippen LogP contribution is -2.55. The largest absolute Gasteiger partial charge is 0.479 e. The molecule has 0 aromatic heterocycles. The van der Waals surface area contributed by atoms with E-state index in [1.807, 2.05) is 46.0 Å². The number of carboxylic acids is 1. The Morgan fingerprint density at radius 1 is 0.804 bits per heavy atom. The van der Waals surface area contributed by atoms with Gasteiger partial charge in [-0.05, 0) is 90.7 Å². The van der Waals surface area contributed by atoms with Crippen molar-refractivity contribution in [2.45, 2.75) is 102 Å². The zero-order valence-electron chi connectivity index (χ0n) is 28.3. The molecule has 0 heterocycles. The quantitative estimate of drug-likeness (QED) is 0.106. The fourth-order valence-corrected chi connectivity index (χ4v) is 6.65. The van der Waals surface area contributed by atoms with Gasteiger partial charge in [0.25, 0.3) is 5.91 Å². The summed E-state index contributed by atoms with van der Waals surface area (Å²) in [5.74, 6) is -1.52. The van der Waals surface area contributed by atoms with E-state index in [2.05, 4.69) is 42.5 Å². The number of amides is 1. The number of carbonyl (C=O) groups is 2. The van der Waals surface area contributed by atoms with E-state index in [0.29, 0.717) is 23.0 Å². The molecular weight excluding hydrogens is 637 g/mol. The Balaban J connectivity index is 1.56. The number of likely N-dealkylation sites (N-methyl/N-ethyl adjacent to an activating group) is 1. The lowest BCUT2D eigenvalue weighted by atomic mass is 10.0. The number of ether oxygens (including phenoxy) is 1. The minimum atomic E-state index is -2.52. The smallest absolute Gasteiger partial charge is 0.334 e. The summed E-state index contributed by atoms with van der Waals surface area (Å²) in [5.41, 5.74) is 2.41. The summed E-state index contributed by atoms with van der Waals surface area (Å²) in [7, 11) is -0.791. The van der Waals surface area contributed by atoms with Gasteiger partial charge >= 0.3 is 5.97 Å². The Labute approximate surface area is 286 Å². The number of aryl methyl sites for hydroxylation is 2. The van der Waals surface area contributed by atoms with Crippen molar-refractivity contribution >= 4 is 54.2 Å². The Morgan fingerprint density at radius 3 is 2.04 bits per heavy atom. The highest BCUT2D eigenvalue weighted by Crippen LogP contribution is 2.38. The van der Waals surface area contributed by atoms with Crippen LogP contribution in [0.4, 0.5) is 0 Å². The number of hydrogen-bond acceptors (Lipinski definition) is 4. The molecule has 3 aromatic rings. The van der Waals surface area contributed by atoms with Crippen molar-refractivity contribution in [2.24, 2.45) is 0 Å². The second-order valence-electron chi connectivity index (χ2n) is 13.7. The Bertz CT molecular complexity index is 1440. The molecule has 1 amide bonds. The lowest BCUT2D eigenvalue weighted by Gasteiger charge is -2.40. The molecule has 1 N–H and O–H groups in total. The van der Waals surface area contributed by atoms with Crippen molar-refractivity contribution in [1.29, 1.82) is 0 Å². The van der Waals surface area contributed by atoms with Gasteiger partial charge in [-0.2, -0.15) is 0 Å². The molecule has 252 valence electrons. The molecule has 0 aliphatic rings. The number of carboxylic acid groups (broad SMARTS) is 1. The summed E-state index contributed by atoms with van der Waals surface area (Å²) in [6, 6.07) is 20.6. The number of benzene rings is 3. The Morgan fingerprint density at radius 2 is 1.41 bits per heavy atom. The van der Waals surface area contributed by atoms with E-state index >= 15 is 0 Å². The van der Waals surface area contributed by atoms with E-state index < -0.39 is 26.5 Å². The van der Waals surface area contributed by atoms with Crippen molar-refractivity contribution in [1.82, 2.24) is 4.90 Å². The topological polar surface area (TPSA) is 76.1 Å². The molecular formula is C37H51Cl2NO5Si. The van der Waals surface area contributed by atoms with Gasteiger partial charge in [0, 0.05) is 20.2 Å². The van der Waals surface area contributed by atoms with Gasteiger partial charge in [0.2, 0.25) is 0 Å². The molecule has 0 bridgehead atoms. The third-order valence-corrected chi connectivity index (χ3v) is 14.2. The highest BCUT2D eigenvalue weighted by atomic mass is 35.5. The monoisotopic (exact) mass is 687 g/mol. The zero-order valence-corrected chi connectivity index (χ0v) is 30.8. The van der Waals surface area contributed by atoms with E-state index in [4.69, 9.17) is 32.4 Å². The third-order valence-electron chi connectivity index (χ3n) is 9.03. The van der Waals surface area contributed by atoms with Gasteiger partial charge < -0.3 is 19.2 Å². The number of aliphatic carboxylic acids is 1.